The minimum atomic E-state index is -0.353. The Bertz CT molecular complexity index is 864. The molecule has 2 heterocycles. The Morgan fingerprint density at radius 1 is 0.929 bits per heavy atom. The molecular weight excluding hydrogens is 442 g/mol. The summed E-state index contributed by atoms with van der Waals surface area (Å²) < 4.78 is 0.920. The van der Waals surface area contributed by atoms with Gasteiger partial charge in [0.1, 0.15) is 0 Å². The van der Waals surface area contributed by atoms with Crippen LogP contribution < -0.4 is 4.90 Å². The van der Waals surface area contributed by atoms with Crippen LogP contribution in [0, 0.1) is 0 Å². The van der Waals surface area contributed by atoms with E-state index >= 15 is 0 Å². The van der Waals surface area contributed by atoms with Crippen molar-refractivity contribution in [3.8, 4) is 0 Å². The van der Waals surface area contributed by atoms with Gasteiger partial charge in [-0.3, -0.25) is 19.4 Å². The second-order valence-electron chi connectivity index (χ2n) is 7.20. The molecule has 0 saturated carbocycles. The highest BCUT2D eigenvalue weighted by atomic mass is 79.9. The van der Waals surface area contributed by atoms with E-state index in [2.05, 4.69) is 25.7 Å². The van der Waals surface area contributed by atoms with Crippen LogP contribution in [0.15, 0.2) is 53.0 Å². The molecule has 5 nitrogen and oxygen atoms in total. The Morgan fingerprint density at radius 2 is 1.57 bits per heavy atom. The SMILES string of the molecule is O=C1C[C@H](N2CCN(Cc3ccc(Cl)cc3)CC2)C(=O)N1c1ccc(Br)cc1. The van der Waals surface area contributed by atoms with Crippen molar-refractivity contribution in [1.82, 2.24) is 9.80 Å². The normalized spacial score (nSPS) is 21.5. The zero-order valence-corrected chi connectivity index (χ0v) is 17.7. The molecule has 28 heavy (non-hydrogen) atoms. The Kier molecular flexibility index (Phi) is 5.83. The summed E-state index contributed by atoms with van der Waals surface area (Å²) >= 11 is 9.33. The van der Waals surface area contributed by atoms with E-state index in [0.717, 1.165) is 42.2 Å². The number of rotatable bonds is 4. The fourth-order valence-corrected chi connectivity index (χ4v) is 4.23. The third-order valence-electron chi connectivity index (χ3n) is 5.37. The molecular formula is C21H21BrClN3O2. The van der Waals surface area contributed by atoms with Gasteiger partial charge in [0.15, 0.2) is 0 Å². The van der Waals surface area contributed by atoms with E-state index in [9.17, 15) is 9.59 Å². The van der Waals surface area contributed by atoms with E-state index in [4.69, 9.17) is 11.6 Å². The summed E-state index contributed by atoms with van der Waals surface area (Å²) in [5.41, 5.74) is 1.87. The number of imide groups is 1. The summed E-state index contributed by atoms with van der Waals surface area (Å²) in [6.45, 7) is 4.18. The van der Waals surface area contributed by atoms with E-state index in [1.54, 1.807) is 12.1 Å². The number of benzene rings is 2. The molecule has 2 amide bonds. The van der Waals surface area contributed by atoms with Crippen LogP contribution in [-0.2, 0) is 16.1 Å². The largest absolute Gasteiger partial charge is 0.297 e. The number of carbonyl (C=O) groups is 2. The summed E-state index contributed by atoms with van der Waals surface area (Å²) in [7, 11) is 0. The predicted octanol–water partition coefficient (Wildman–Crippen LogP) is 3.55. The molecule has 4 rings (SSSR count). The molecule has 0 bridgehead atoms. The van der Waals surface area contributed by atoms with E-state index in [0.29, 0.717) is 5.69 Å². The molecule has 2 fully saturated rings. The van der Waals surface area contributed by atoms with Crippen LogP contribution in [0.3, 0.4) is 0 Å². The maximum absolute atomic E-state index is 12.9. The van der Waals surface area contributed by atoms with Gasteiger partial charge >= 0.3 is 0 Å². The van der Waals surface area contributed by atoms with Gasteiger partial charge in [0.05, 0.1) is 18.2 Å². The van der Waals surface area contributed by atoms with Crippen molar-refractivity contribution in [3.05, 3.63) is 63.6 Å². The van der Waals surface area contributed by atoms with Crippen LogP contribution in [0.5, 0.6) is 0 Å². The summed E-state index contributed by atoms with van der Waals surface area (Å²) in [5, 5.41) is 0.744. The summed E-state index contributed by atoms with van der Waals surface area (Å²) in [5.74, 6) is -0.237. The van der Waals surface area contributed by atoms with Crippen molar-refractivity contribution in [2.45, 2.75) is 19.0 Å². The first-order chi connectivity index (χ1) is 13.5. The lowest BCUT2D eigenvalue weighted by molar-refractivity contribution is -0.123. The monoisotopic (exact) mass is 461 g/mol. The molecule has 2 aliphatic rings. The number of nitrogens with zero attached hydrogens (tertiary/aromatic N) is 3. The van der Waals surface area contributed by atoms with Gasteiger partial charge in [0.2, 0.25) is 5.91 Å². The van der Waals surface area contributed by atoms with Crippen LogP contribution in [0.4, 0.5) is 5.69 Å². The number of anilines is 1. The van der Waals surface area contributed by atoms with Gasteiger partial charge in [-0.2, -0.15) is 0 Å². The Labute approximate surface area is 178 Å². The van der Waals surface area contributed by atoms with Crippen LogP contribution in [0.1, 0.15) is 12.0 Å². The quantitative estimate of drug-likeness (QED) is 0.652. The number of hydrogen-bond donors (Lipinski definition) is 0. The maximum Gasteiger partial charge on any atom is 0.251 e. The van der Waals surface area contributed by atoms with Crippen molar-refractivity contribution < 1.29 is 9.59 Å². The van der Waals surface area contributed by atoms with Gasteiger partial charge in [0, 0.05) is 42.2 Å². The molecule has 0 spiro atoms. The maximum atomic E-state index is 12.9. The van der Waals surface area contributed by atoms with Gasteiger partial charge in [-0.1, -0.05) is 39.7 Å². The number of halogens is 2. The lowest BCUT2D eigenvalue weighted by atomic mass is 10.1. The average Bonchev–Trinajstić information content (AvgIpc) is 2.99. The van der Waals surface area contributed by atoms with E-state index < -0.39 is 0 Å². The van der Waals surface area contributed by atoms with Gasteiger partial charge in [-0.25, -0.2) is 4.90 Å². The third-order valence-corrected chi connectivity index (χ3v) is 6.16. The molecule has 0 N–H and O–H groups in total. The van der Waals surface area contributed by atoms with Crippen molar-refractivity contribution in [2.75, 3.05) is 31.1 Å². The summed E-state index contributed by atoms with van der Waals surface area (Å²) in [4.78, 5) is 31.3. The topological polar surface area (TPSA) is 43.9 Å². The van der Waals surface area contributed by atoms with Crippen LogP contribution in [0.2, 0.25) is 5.02 Å². The smallest absolute Gasteiger partial charge is 0.251 e. The molecule has 2 aromatic carbocycles. The average molecular weight is 463 g/mol. The highest BCUT2D eigenvalue weighted by Crippen LogP contribution is 2.27. The van der Waals surface area contributed by atoms with Crippen LogP contribution in [0.25, 0.3) is 0 Å². The first-order valence-corrected chi connectivity index (χ1v) is 10.5. The molecule has 2 aliphatic heterocycles. The number of hydrogen-bond acceptors (Lipinski definition) is 4. The molecule has 2 aromatic rings. The lowest BCUT2D eigenvalue weighted by Gasteiger charge is -2.37. The Morgan fingerprint density at radius 3 is 2.21 bits per heavy atom. The van der Waals surface area contributed by atoms with Crippen molar-refractivity contribution in [2.24, 2.45) is 0 Å². The van der Waals surface area contributed by atoms with E-state index in [1.807, 2.05) is 36.4 Å². The fourth-order valence-electron chi connectivity index (χ4n) is 3.84. The number of amides is 2. The highest BCUT2D eigenvalue weighted by molar-refractivity contribution is 9.10. The van der Waals surface area contributed by atoms with Gasteiger partial charge in [-0.05, 0) is 42.0 Å². The van der Waals surface area contributed by atoms with E-state index in [1.165, 1.54) is 10.5 Å². The summed E-state index contributed by atoms with van der Waals surface area (Å²) in [6.07, 6.45) is 0.256. The van der Waals surface area contributed by atoms with Gasteiger partial charge in [0.25, 0.3) is 5.91 Å². The first kappa shape index (κ1) is 19.6. The Balaban J connectivity index is 1.37. The zero-order valence-electron chi connectivity index (χ0n) is 15.4. The lowest BCUT2D eigenvalue weighted by Crippen LogP contribution is -2.52. The van der Waals surface area contributed by atoms with Crippen molar-refractivity contribution >= 4 is 45.0 Å². The minimum Gasteiger partial charge on any atom is -0.297 e. The number of carbonyl (C=O) groups excluding carboxylic acids is 2. The standard InChI is InChI=1S/C21H21BrClN3O2/c22-16-3-7-18(8-4-16)26-20(27)13-19(21(26)28)25-11-9-24(10-12-25)14-15-1-5-17(23)6-2-15/h1-8,19H,9-14H2/t19-/m0/s1. The number of piperazine rings is 1. The first-order valence-electron chi connectivity index (χ1n) is 9.34. The fraction of sp³-hybridized carbons (Fsp3) is 0.333. The van der Waals surface area contributed by atoms with Gasteiger partial charge in [-0.15, -0.1) is 0 Å². The molecule has 146 valence electrons. The van der Waals surface area contributed by atoms with Crippen LogP contribution in [-0.4, -0.2) is 53.8 Å². The zero-order chi connectivity index (χ0) is 19.7. The molecule has 7 heteroatoms. The second-order valence-corrected chi connectivity index (χ2v) is 8.55. The molecule has 0 radical (unpaired) electrons. The van der Waals surface area contributed by atoms with Crippen LogP contribution >= 0.6 is 27.5 Å². The van der Waals surface area contributed by atoms with Crippen molar-refractivity contribution in [3.63, 3.8) is 0 Å². The molecule has 0 aromatic heterocycles. The van der Waals surface area contributed by atoms with E-state index in [-0.39, 0.29) is 24.3 Å². The molecule has 0 unspecified atom stereocenters. The molecule has 1 atom stereocenters. The Hall–Kier alpha value is -1.73. The highest BCUT2D eigenvalue weighted by Gasteiger charge is 2.43. The summed E-state index contributed by atoms with van der Waals surface area (Å²) in [6, 6.07) is 14.8. The second kappa shape index (κ2) is 8.33. The molecule has 0 aliphatic carbocycles. The van der Waals surface area contributed by atoms with Crippen molar-refractivity contribution in [1.29, 1.82) is 0 Å². The third kappa shape index (κ3) is 4.15. The minimum absolute atomic E-state index is 0.113. The van der Waals surface area contributed by atoms with Gasteiger partial charge < -0.3 is 0 Å². The predicted molar refractivity (Wildman–Crippen MR) is 113 cm³/mol. The molecule has 2 saturated heterocycles.